The maximum atomic E-state index is 12.3. The molecule has 0 aromatic heterocycles. The lowest BCUT2D eigenvalue weighted by atomic mass is 9.95. The highest BCUT2D eigenvalue weighted by atomic mass is 16.5. The molecule has 1 saturated carbocycles. The monoisotopic (exact) mass is 526 g/mol. The molecule has 0 spiro atoms. The maximum Gasteiger partial charge on any atom is 0.304 e. The summed E-state index contributed by atoms with van der Waals surface area (Å²) < 4.78 is 11.7. The second-order valence-electron chi connectivity index (χ2n) is 9.57. The van der Waals surface area contributed by atoms with E-state index >= 15 is 0 Å². The molecule has 1 atom stereocenters. The Morgan fingerprint density at radius 2 is 1.74 bits per heavy atom. The number of carboxylic acid groups (broad SMARTS) is 1. The molecule has 3 aromatic carbocycles. The summed E-state index contributed by atoms with van der Waals surface area (Å²) in [5, 5.41) is 15.5. The van der Waals surface area contributed by atoms with Gasteiger partial charge in [0.25, 0.3) is 0 Å². The summed E-state index contributed by atoms with van der Waals surface area (Å²) in [6.07, 6.45) is 4.32. The molecular weight excluding hydrogens is 492 g/mol. The van der Waals surface area contributed by atoms with Crippen molar-refractivity contribution in [2.24, 2.45) is 0 Å². The zero-order valence-corrected chi connectivity index (χ0v) is 22.1. The Bertz CT molecular complexity index is 1310. The van der Waals surface area contributed by atoms with E-state index in [9.17, 15) is 14.7 Å². The van der Waals surface area contributed by atoms with E-state index in [1.54, 1.807) is 31.4 Å². The summed E-state index contributed by atoms with van der Waals surface area (Å²) in [7, 11) is 1.60. The molecule has 0 radical (unpaired) electrons. The topological polar surface area (TPSA) is 96.9 Å². The van der Waals surface area contributed by atoms with Crippen LogP contribution in [0.3, 0.4) is 0 Å². The summed E-state index contributed by atoms with van der Waals surface area (Å²) in [5.74, 6) is 5.88. The largest absolute Gasteiger partial charge is 0.493 e. The van der Waals surface area contributed by atoms with Crippen LogP contribution in [-0.2, 0) is 16.1 Å². The van der Waals surface area contributed by atoms with E-state index in [0.717, 1.165) is 42.4 Å². The van der Waals surface area contributed by atoms with Gasteiger partial charge in [-0.05, 0) is 73.2 Å². The van der Waals surface area contributed by atoms with E-state index in [1.807, 2.05) is 48.5 Å². The van der Waals surface area contributed by atoms with Gasteiger partial charge in [-0.25, -0.2) is 0 Å². The van der Waals surface area contributed by atoms with Crippen LogP contribution in [0.25, 0.3) is 0 Å². The van der Waals surface area contributed by atoms with Crippen molar-refractivity contribution in [1.29, 1.82) is 0 Å². The number of ether oxygens (including phenoxy) is 2. The van der Waals surface area contributed by atoms with Gasteiger partial charge in [-0.3, -0.25) is 9.59 Å². The van der Waals surface area contributed by atoms with Crippen LogP contribution in [0.1, 0.15) is 54.7 Å². The maximum absolute atomic E-state index is 12.3. The SMILES string of the molecule is COc1ccc(C(C#Cc2ccc(NC(=O)CNCc3ccccc3)cc2)CC(=O)O)cc1OC1CCCC1. The molecule has 7 nitrogen and oxygen atoms in total. The predicted octanol–water partition coefficient (Wildman–Crippen LogP) is 5.35. The third kappa shape index (κ3) is 8.62. The van der Waals surface area contributed by atoms with Crippen LogP contribution in [0, 0.1) is 11.8 Å². The Morgan fingerprint density at radius 3 is 2.44 bits per heavy atom. The number of aliphatic carboxylic acids is 1. The minimum absolute atomic E-state index is 0.133. The number of carboxylic acids is 1. The van der Waals surface area contributed by atoms with Crippen molar-refractivity contribution in [3.8, 4) is 23.3 Å². The number of hydrogen-bond acceptors (Lipinski definition) is 5. The zero-order valence-electron chi connectivity index (χ0n) is 22.1. The fourth-order valence-electron chi connectivity index (χ4n) is 4.54. The number of anilines is 1. The molecule has 1 amide bonds. The van der Waals surface area contributed by atoms with E-state index in [1.165, 1.54) is 0 Å². The van der Waals surface area contributed by atoms with E-state index in [4.69, 9.17) is 9.47 Å². The number of nitrogens with one attached hydrogen (secondary N) is 2. The predicted molar refractivity (Wildman–Crippen MR) is 151 cm³/mol. The van der Waals surface area contributed by atoms with Gasteiger partial charge in [0, 0.05) is 17.8 Å². The highest BCUT2D eigenvalue weighted by Gasteiger charge is 2.21. The molecule has 7 heteroatoms. The Labute approximate surface area is 229 Å². The number of methoxy groups -OCH3 is 1. The van der Waals surface area contributed by atoms with Crippen molar-refractivity contribution in [3.63, 3.8) is 0 Å². The fraction of sp³-hybridized carbons (Fsp3) is 0.312. The normalized spacial score (nSPS) is 13.7. The van der Waals surface area contributed by atoms with Crippen LogP contribution in [0.2, 0.25) is 0 Å². The molecule has 0 saturated heterocycles. The summed E-state index contributed by atoms with van der Waals surface area (Å²) >= 11 is 0. The number of hydrogen-bond donors (Lipinski definition) is 3. The van der Waals surface area contributed by atoms with Crippen molar-refractivity contribution in [3.05, 3.63) is 89.5 Å². The number of amides is 1. The van der Waals surface area contributed by atoms with Crippen LogP contribution in [-0.4, -0.2) is 36.7 Å². The molecule has 39 heavy (non-hydrogen) atoms. The van der Waals surface area contributed by atoms with Crippen molar-refractivity contribution in [2.75, 3.05) is 19.0 Å². The van der Waals surface area contributed by atoms with Crippen molar-refractivity contribution >= 4 is 17.6 Å². The number of carbonyl (C=O) groups is 2. The molecule has 0 bridgehead atoms. The molecule has 202 valence electrons. The number of carbonyl (C=O) groups excluding carboxylic acids is 1. The standard InChI is InChI=1S/C32H34N2O5/c1-38-29-18-15-25(19-30(29)39-28-9-5-6-10-28)26(20-32(36)37)14-11-23-12-16-27(17-13-23)34-31(35)22-33-21-24-7-3-2-4-8-24/h2-4,7-8,12-13,15-19,26,28,33H,5-6,9-10,20-22H2,1H3,(H,34,35)(H,36,37). The lowest BCUT2D eigenvalue weighted by Gasteiger charge is -2.18. The van der Waals surface area contributed by atoms with Gasteiger partial charge in [-0.15, -0.1) is 0 Å². The average Bonchev–Trinajstić information content (AvgIpc) is 3.45. The van der Waals surface area contributed by atoms with Crippen LogP contribution in [0.4, 0.5) is 5.69 Å². The summed E-state index contributed by atoms with van der Waals surface area (Å²) in [5.41, 5.74) is 3.27. The van der Waals surface area contributed by atoms with E-state index in [0.29, 0.717) is 23.7 Å². The Kier molecular flexibility index (Phi) is 9.98. The molecule has 4 rings (SSSR count). The number of benzene rings is 3. The smallest absolute Gasteiger partial charge is 0.304 e. The summed E-state index contributed by atoms with van der Waals surface area (Å²) in [6.45, 7) is 0.810. The third-order valence-electron chi connectivity index (χ3n) is 6.58. The molecule has 1 aliphatic carbocycles. The second kappa shape index (κ2) is 14.0. The minimum atomic E-state index is -0.928. The second-order valence-corrected chi connectivity index (χ2v) is 9.57. The van der Waals surface area contributed by atoms with Gasteiger partial charge in [0.05, 0.1) is 32.1 Å². The Balaban J connectivity index is 1.39. The Hall–Kier alpha value is -4.28. The molecule has 1 unspecified atom stereocenters. The molecule has 3 N–H and O–H groups in total. The van der Waals surface area contributed by atoms with Crippen LogP contribution >= 0.6 is 0 Å². The van der Waals surface area contributed by atoms with Gasteiger partial charge in [0.15, 0.2) is 11.5 Å². The molecular formula is C32H34N2O5. The molecule has 0 heterocycles. The molecule has 3 aromatic rings. The van der Waals surface area contributed by atoms with Gasteiger partial charge in [-0.1, -0.05) is 48.2 Å². The summed E-state index contributed by atoms with van der Waals surface area (Å²) in [6, 6.07) is 22.6. The van der Waals surface area contributed by atoms with Crippen molar-refractivity contribution < 1.29 is 24.2 Å². The first-order valence-electron chi connectivity index (χ1n) is 13.2. The first-order chi connectivity index (χ1) is 19.0. The Morgan fingerprint density at radius 1 is 1.00 bits per heavy atom. The van der Waals surface area contributed by atoms with E-state index < -0.39 is 11.9 Å². The molecule has 1 fully saturated rings. The van der Waals surface area contributed by atoms with Gasteiger partial charge in [0.1, 0.15) is 0 Å². The highest BCUT2D eigenvalue weighted by Crippen LogP contribution is 2.35. The van der Waals surface area contributed by atoms with Gasteiger partial charge >= 0.3 is 5.97 Å². The quantitative estimate of drug-likeness (QED) is 0.291. The fourth-order valence-corrected chi connectivity index (χ4v) is 4.54. The van der Waals surface area contributed by atoms with Crippen molar-refractivity contribution in [2.45, 2.75) is 50.7 Å². The van der Waals surface area contributed by atoms with Gasteiger partial charge in [-0.2, -0.15) is 0 Å². The highest BCUT2D eigenvalue weighted by molar-refractivity contribution is 5.92. The van der Waals surface area contributed by atoms with Crippen molar-refractivity contribution in [1.82, 2.24) is 5.32 Å². The van der Waals surface area contributed by atoms with E-state index in [-0.39, 0.29) is 25.0 Å². The summed E-state index contributed by atoms with van der Waals surface area (Å²) in [4.78, 5) is 23.9. The van der Waals surface area contributed by atoms with Crippen LogP contribution in [0.5, 0.6) is 11.5 Å². The van der Waals surface area contributed by atoms with Crippen LogP contribution in [0.15, 0.2) is 72.8 Å². The number of rotatable bonds is 11. The van der Waals surface area contributed by atoms with E-state index in [2.05, 4.69) is 22.5 Å². The molecule has 0 aliphatic heterocycles. The average molecular weight is 527 g/mol. The van der Waals surface area contributed by atoms with Crippen LogP contribution < -0.4 is 20.1 Å². The zero-order chi connectivity index (χ0) is 27.5. The lowest BCUT2D eigenvalue weighted by Crippen LogP contribution is -2.27. The van der Waals surface area contributed by atoms with Gasteiger partial charge in [0.2, 0.25) is 5.91 Å². The van der Waals surface area contributed by atoms with Gasteiger partial charge < -0.3 is 25.2 Å². The lowest BCUT2D eigenvalue weighted by molar-refractivity contribution is -0.137. The molecule has 1 aliphatic rings. The first kappa shape index (κ1) is 27.7. The minimum Gasteiger partial charge on any atom is -0.493 e. The third-order valence-corrected chi connectivity index (χ3v) is 6.58. The first-order valence-corrected chi connectivity index (χ1v) is 13.2.